The molecule has 0 unspecified atom stereocenters. The van der Waals surface area contributed by atoms with Gasteiger partial charge in [-0.2, -0.15) is 0 Å². The number of hydrogen-bond acceptors (Lipinski definition) is 5. The van der Waals surface area contributed by atoms with Crippen LogP contribution in [-0.2, 0) is 9.53 Å². The smallest absolute Gasteiger partial charge is 0.306 e. The van der Waals surface area contributed by atoms with Crippen LogP contribution in [0.4, 0.5) is 4.39 Å². The van der Waals surface area contributed by atoms with E-state index in [4.69, 9.17) is 9.84 Å². The second kappa shape index (κ2) is 6.98. The van der Waals surface area contributed by atoms with Crippen LogP contribution in [0.25, 0.3) is 5.69 Å². The Kier molecular flexibility index (Phi) is 4.75. The summed E-state index contributed by atoms with van der Waals surface area (Å²) in [7, 11) is 0. The lowest BCUT2D eigenvalue weighted by molar-refractivity contribution is -0.141. The molecule has 0 aliphatic carbocycles. The number of hydrogen-bond donors (Lipinski definition) is 1. The summed E-state index contributed by atoms with van der Waals surface area (Å²) in [5, 5.41) is 16.8. The zero-order chi connectivity index (χ0) is 18.0. The highest BCUT2D eigenvalue weighted by Gasteiger charge is 2.29. The van der Waals surface area contributed by atoms with Gasteiger partial charge >= 0.3 is 5.97 Å². The number of carbonyl (C=O) groups excluding carboxylic acids is 1. The summed E-state index contributed by atoms with van der Waals surface area (Å²) < 4.78 is 19.9. The Hall–Kier alpha value is -2.81. The number of halogens is 1. The normalized spacial score (nSPS) is 17.5. The quantitative estimate of drug-likeness (QED) is 0.886. The molecule has 25 heavy (non-hydrogen) atoms. The standard InChI is InChI=1S/C16H17FN4O4/c1-10-15(18-19-21(10)12-4-2-11(17)3-5-12)16(24)20-6-7-25-13(9-20)8-14(22)23/h2-5,13H,6-9H2,1H3,(H,22,23)/t13-/m0/s1. The Bertz CT molecular complexity index is 790. The van der Waals surface area contributed by atoms with Crippen molar-refractivity contribution in [3.8, 4) is 5.69 Å². The molecular formula is C16H17FN4O4. The van der Waals surface area contributed by atoms with Crippen molar-refractivity contribution >= 4 is 11.9 Å². The Morgan fingerprint density at radius 3 is 2.76 bits per heavy atom. The molecule has 0 saturated carbocycles. The van der Waals surface area contributed by atoms with Crippen molar-refractivity contribution in [3.05, 3.63) is 41.5 Å². The zero-order valence-electron chi connectivity index (χ0n) is 13.6. The Labute approximate surface area is 142 Å². The van der Waals surface area contributed by atoms with E-state index in [9.17, 15) is 14.0 Å². The summed E-state index contributed by atoms with van der Waals surface area (Å²) in [4.78, 5) is 25.0. The van der Waals surface area contributed by atoms with Gasteiger partial charge in [0.05, 0.1) is 30.5 Å². The molecule has 8 nitrogen and oxygen atoms in total. The van der Waals surface area contributed by atoms with E-state index in [1.54, 1.807) is 19.1 Å². The third-order valence-electron chi connectivity index (χ3n) is 4.00. The molecule has 3 rings (SSSR count). The van der Waals surface area contributed by atoms with Gasteiger partial charge < -0.3 is 14.7 Å². The monoisotopic (exact) mass is 348 g/mol. The average molecular weight is 348 g/mol. The first-order chi connectivity index (χ1) is 12.0. The molecule has 2 aromatic rings. The van der Waals surface area contributed by atoms with Gasteiger partial charge in [0.2, 0.25) is 0 Å². The number of aliphatic carboxylic acids is 1. The van der Waals surface area contributed by atoms with Crippen LogP contribution in [-0.4, -0.2) is 62.7 Å². The number of morpholine rings is 1. The van der Waals surface area contributed by atoms with Gasteiger partial charge in [0.1, 0.15) is 5.82 Å². The first-order valence-corrected chi connectivity index (χ1v) is 7.76. The number of carboxylic acids is 1. The van der Waals surface area contributed by atoms with Gasteiger partial charge in [-0.3, -0.25) is 9.59 Å². The first kappa shape index (κ1) is 17.0. The van der Waals surface area contributed by atoms with Gasteiger partial charge in [-0.1, -0.05) is 5.21 Å². The van der Waals surface area contributed by atoms with E-state index in [2.05, 4.69) is 10.3 Å². The number of rotatable bonds is 4. The van der Waals surface area contributed by atoms with Gasteiger partial charge in [-0.05, 0) is 31.2 Å². The highest BCUT2D eigenvalue weighted by Crippen LogP contribution is 2.17. The third-order valence-corrected chi connectivity index (χ3v) is 4.00. The summed E-state index contributed by atoms with van der Waals surface area (Å²) in [6, 6.07) is 5.69. The van der Waals surface area contributed by atoms with E-state index in [1.807, 2.05) is 0 Å². The number of carboxylic acid groups (broad SMARTS) is 1. The van der Waals surface area contributed by atoms with Crippen LogP contribution in [0.1, 0.15) is 22.6 Å². The van der Waals surface area contributed by atoms with E-state index >= 15 is 0 Å². The molecule has 9 heteroatoms. The maximum atomic E-state index is 13.0. The van der Waals surface area contributed by atoms with Crippen molar-refractivity contribution in [2.75, 3.05) is 19.7 Å². The molecule has 1 saturated heterocycles. The minimum atomic E-state index is -0.974. The Morgan fingerprint density at radius 2 is 2.08 bits per heavy atom. The van der Waals surface area contributed by atoms with Gasteiger partial charge in [0, 0.05) is 13.1 Å². The molecule has 132 valence electrons. The number of amides is 1. The molecule has 1 aromatic carbocycles. The molecule has 1 aliphatic rings. The molecule has 0 spiro atoms. The third kappa shape index (κ3) is 3.66. The maximum Gasteiger partial charge on any atom is 0.306 e. The molecule has 0 bridgehead atoms. The summed E-state index contributed by atoms with van der Waals surface area (Å²) in [5.74, 6) is -1.67. The second-order valence-corrected chi connectivity index (χ2v) is 5.75. The van der Waals surface area contributed by atoms with Crippen LogP contribution >= 0.6 is 0 Å². The van der Waals surface area contributed by atoms with Crippen LogP contribution in [0.15, 0.2) is 24.3 Å². The van der Waals surface area contributed by atoms with E-state index in [1.165, 1.54) is 21.7 Å². The van der Waals surface area contributed by atoms with Gasteiger partial charge in [-0.15, -0.1) is 5.10 Å². The van der Waals surface area contributed by atoms with Crippen molar-refractivity contribution in [2.24, 2.45) is 0 Å². The van der Waals surface area contributed by atoms with Gasteiger partial charge in [-0.25, -0.2) is 9.07 Å². The minimum Gasteiger partial charge on any atom is -0.481 e. The summed E-state index contributed by atoms with van der Waals surface area (Å²) in [6.07, 6.45) is -0.701. The van der Waals surface area contributed by atoms with E-state index in [0.29, 0.717) is 17.9 Å². The summed E-state index contributed by atoms with van der Waals surface area (Å²) in [5.41, 5.74) is 1.30. The van der Waals surface area contributed by atoms with Crippen LogP contribution in [0.5, 0.6) is 0 Å². The molecule has 0 radical (unpaired) electrons. The molecular weight excluding hydrogens is 331 g/mol. The minimum absolute atomic E-state index is 0.162. The first-order valence-electron chi connectivity index (χ1n) is 7.76. The van der Waals surface area contributed by atoms with Crippen LogP contribution in [0.2, 0.25) is 0 Å². The van der Waals surface area contributed by atoms with Crippen LogP contribution in [0.3, 0.4) is 0 Å². The highest BCUT2D eigenvalue weighted by atomic mass is 19.1. The highest BCUT2D eigenvalue weighted by molar-refractivity contribution is 5.93. The fraction of sp³-hybridized carbons (Fsp3) is 0.375. The van der Waals surface area contributed by atoms with Gasteiger partial charge in [0.15, 0.2) is 5.69 Å². The summed E-state index contributed by atoms with van der Waals surface area (Å²) in [6.45, 7) is 2.52. The predicted octanol–water partition coefficient (Wildman–Crippen LogP) is 1.03. The molecule has 1 aromatic heterocycles. The lowest BCUT2D eigenvalue weighted by Crippen LogP contribution is -2.46. The van der Waals surface area contributed by atoms with Crippen molar-refractivity contribution in [2.45, 2.75) is 19.4 Å². The Balaban J connectivity index is 1.79. The SMILES string of the molecule is Cc1c(C(=O)N2CCO[C@@H](CC(=O)O)C2)nnn1-c1ccc(F)cc1. The van der Waals surface area contributed by atoms with E-state index in [-0.39, 0.29) is 37.0 Å². The summed E-state index contributed by atoms with van der Waals surface area (Å²) >= 11 is 0. The van der Waals surface area contributed by atoms with Crippen molar-refractivity contribution in [1.82, 2.24) is 19.9 Å². The molecule has 1 atom stereocenters. The van der Waals surface area contributed by atoms with E-state index < -0.39 is 12.1 Å². The lowest BCUT2D eigenvalue weighted by atomic mass is 10.2. The largest absolute Gasteiger partial charge is 0.481 e. The molecule has 1 N–H and O–H groups in total. The van der Waals surface area contributed by atoms with Crippen LogP contribution in [0, 0.1) is 12.7 Å². The zero-order valence-corrected chi connectivity index (χ0v) is 13.6. The molecule has 1 aliphatic heterocycles. The predicted molar refractivity (Wildman–Crippen MR) is 84.0 cm³/mol. The number of nitrogens with zero attached hydrogens (tertiary/aromatic N) is 4. The van der Waals surface area contributed by atoms with Gasteiger partial charge in [0.25, 0.3) is 5.91 Å². The van der Waals surface area contributed by atoms with Crippen molar-refractivity contribution in [1.29, 1.82) is 0 Å². The van der Waals surface area contributed by atoms with E-state index in [0.717, 1.165) is 0 Å². The topological polar surface area (TPSA) is 97.6 Å². The second-order valence-electron chi connectivity index (χ2n) is 5.75. The number of ether oxygens (including phenoxy) is 1. The number of benzene rings is 1. The fourth-order valence-corrected chi connectivity index (χ4v) is 2.73. The molecule has 1 amide bonds. The molecule has 2 heterocycles. The van der Waals surface area contributed by atoms with Crippen molar-refractivity contribution < 1.29 is 23.8 Å². The van der Waals surface area contributed by atoms with Crippen molar-refractivity contribution in [3.63, 3.8) is 0 Å². The number of aromatic nitrogens is 3. The maximum absolute atomic E-state index is 13.0. The molecule has 1 fully saturated rings. The lowest BCUT2D eigenvalue weighted by Gasteiger charge is -2.31. The van der Waals surface area contributed by atoms with Crippen LogP contribution < -0.4 is 0 Å². The number of carbonyl (C=O) groups is 2. The average Bonchev–Trinajstić information content (AvgIpc) is 2.96. The Morgan fingerprint density at radius 1 is 1.36 bits per heavy atom. The fourth-order valence-electron chi connectivity index (χ4n) is 2.73.